The minimum Gasteiger partial charge on any atom is -0.479 e. The van der Waals surface area contributed by atoms with Gasteiger partial charge in [-0.05, 0) is 24.6 Å². The lowest BCUT2D eigenvalue weighted by Crippen LogP contribution is -2.22. The van der Waals surface area contributed by atoms with E-state index in [2.05, 4.69) is 4.99 Å². The molecule has 2 rings (SSSR count). The Morgan fingerprint density at radius 2 is 2.29 bits per heavy atom. The van der Waals surface area contributed by atoms with E-state index in [9.17, 15) is 4.79 Å². The summed E-state index contributed by atoms with van der Waals surface area (Å²) in [6.45, 7) is 1.78. The van der Waals surface area contributed by atoms with E-state index >= 15 is 0 Å². The van der Waals surface area contributed by atoms with E-state index < -0.39 is 12.0 Å². The van der Waals surface area contributed by atoms with Gasteiger partial charge in [0.25, 0.3) is 0 Å². The van der Waals surface area contributed by atoms with Crippen LogP contribution >= 0.6 is 11.6 Å². The molecule has 0 radical (unpaired) electrons. The number of aliphatic carboxylic acids is 1. The molecule has 3 nitrogen and oxygen atoms in total. The molecule has 1 heterocycles. The molecule has 4 heteroatoms. The van der Waals surface area contributed by atoms with Crippen LogP contribution in [0.3, 0.4) is 0 Å². The summed E-state index contributed by atoms with van der Waals surface area (Å²) in [5, 5.41) is 11.0. The molecule has 1 N–H and O–H groups in total. The Bertz CT molecular complexity index is 521. The van der Waals surface area contributed by atoms with Crippen LogP contribution in [-0.2, 0) is 4.79 Å². The van der Waals surface area contributed by atoms with Crippen LogP contribution < -0.4 is 10.6 Å². The Labute approximate surface area is 85.4 Å². The number of fused-ring (bicyclic) bond motifs is 1. The lowest BCUT2D eigenvalue weighted by Gasteiger charge is -2.00. The van der Waals surface area contributed by atoms with E-state index in [1.807, 2.05) is 0 Å². The molecule has 1 aromatic rings. The molecule has 72 valence electrons. The summed E-state index contributed by atoms with van der Waals surface area (Å²) in [6, 6.07) is 4.48. The van der Waals surface area contributed by atoms with Gasteiger partial charge in [-0.15, -0.1) is 0 Å². The smallest absolute Gasteiger partial charge is 0.332 e. The second kappa shape index (κ2) is 3.10. The Morgan fingerprint density at radius 3 is 2.93 bits per heavy atom. The third-order valence-electron chi connectivity index (χ3n) is 2.30. The molecule has 0 saturated carbocycles. The van der Waals surface area contributed by atoms with Crippen molar-refractivity contribution in [2.24, 2.45) is 4.99 Å². The Kier molecular flexibility index (Phi) is 2.04. The minimum atomic E-state index is -0.921. The quantitative estimate of drug-likeness (QED) is 0.736. The third kappa shape index (κ3) is 1.30. The number of halogens is 1. The highest BCUT2D eigenvalue weighted by atomic mass is 35.5. The molecule has 0 aromatic heterocycles. The van der Waals surface area contributed by atoms with Gasteiger partial charge >= 0.3 is 5.97 Å². The standard InChI is InChI=1S/C10H8ClNO2/c1-5-7-3-2-6(11)4-8(7)12-9(5)10(13)14/h2-4,9H,1H3,(H,13,14). The molecule has 0 bridgehead atoms. The molecule has 1 aromatic carbocycles. The number of rotatable bonds is 1. The van der Waals surface area contributed by atoms with Crippen molar-refractivity contribution in [1.82, 2.24) is 0 Å². The van der Waals surface area contributed by atoms with Gasteiger partial charge in [0, 0.05) is 10.2 Å². The second-order valence-corrected chi connectivity index (χ2v) is 3.65. The predicted octanol–water partition coefficient (Wildman–Crippen LogP) is 0.597. The van der Waals surface area contributed by atoms with Crippen molar-refractivity contribution in [3.63, 3.8) is 0 Å². The van der Waals surface area contributed by atoms with Gasteiger partial charge in [-0.25, -0.2) is 4.79 Å². The van der Waals surface area contributed by atoms with E-state index in [1.54, 1.807) is 25.1 Å². The summed E-state index contributed by atoms with van der Waals surface area (Å²) >= 11 is 5.78. The van der Waals surface area contributed by atoms with Crippen LogP contribution in [0.15, 0.2) is 23.2 Å². The Balaban J connectivity index is 2.72. The van der Waals surface area contributed by atoms with Crippen LogP contribution in [0.5, 0.6) is 0 Å². The topological polar surface area (TPSA) is 49.7 Å². The number of carboxylic acid groups (broad SMARTS) is 1. The van der Waals surface area contributed by atoms with Crippen molar-refractivity contribution >= 4 is 23.1 Å². The molecule has 0 amide bonds. The molecule has 1 atom stereocenters. The Morgan fingerprint density at radius 1 is 1.57 bits per heavy atom. The molecule has 0 fully saturated rings. The van der Waals surface area contributed by atoms with Gasteiger partial charge in [0.2, 0.25) is 0 Å². The maximum absolute atomic E-state index is 10.8. The first-order valence-electron chi connectivity index (χ1n) is 4.16. The molecular weight excluding hydrogens is 202 g/mol. The fraction of sp³-hybridized carbons (Fsp3) is 0.200. The van der Waals surface area contributed by atoms with Gasteiger partial charge in [0.15, 0.2) is 6.04 Å². The number of hydrogen-bond donors (Lipinski definition) is 1. The maximum atomic E-state index is 10.8. The van der Waals surface area contributed by atoms with Gasteiger partial charge in [-0.1, -0.05) is 17.7 Å². The van der Waals surface area contributed by atoms with E-state index in [1.165, 1.54) is 0 Å². The lowest BCUT2D eigenvalue weighted by atomic mass is 10.1. The minimum absolute atomic E-state index is 0.575. The SMILES string of the molecule is CC1=c2ccc(Cl)cc2=NC1C(=O)O. The van der Waals surface area contributed by atoms with Crippen molar-refractivity contribution in [3.05, 3.63) is 33.8 Å². The first-order valence-corrected chi connectivity index (χ1v) is 4.54. The fourth-order valence-electron chi connectivity index (χ4n) is 1.57. The summed E-state index contributed by atoms with van der Waals surface area (Å²) < 4.78 is 0. The van der Waals surface area contributed by atoms with Crippen molar-refractivity contribution in [3.8, 4) is 0 Å². The molecule has 1 aliphatic rings. The molecule has 0 saturated heterocycles. The first kappa shape index (κ1) is 9.21. The fourth-order valence-corrected chi connectivity index (χ4v) is 1.74. The van der Waals surface area contributed by atoms with Crippen LogP contribution in [0.4, 0.5) is 0 Å². The van der Waals surface area contributed by atoms with Crippen molar-refractivity contribution in [1.29, 1.82) is 0 Å². The van der Waals surface area contributed by atoms with Gasteiger partial charge < -0.3 is 5.11 Å². The van der Waals surface area contributed by atoms with E-state index in [-0.39, 0.29) is 0 Å². The van der Waals surface area contributed by atoms with Crippen LogP contribution in [0.2, 0.25) is 5.02 Å². The van der Waals surface area contributed by atoms with E-state index in [0.717, 1.165) is 10.8 Å². The zero-order valence-corrected chi connectivity index (χ0v) is 8.25. The van der Waals surface area contributed by atoms with Crippen LogP contribution in [-0.4, -0.2) is 17.1 Å². The number of carboxylic acids is 1. The molecule has 1 unspecified atom stereocenters. The monoisotopic (exact) mass is 209 g/mol. The van der Waals surface area contributed by atoms with Crippen molar-refractivity contribution in [2.45, 2.75) is 13.0 Å². The summed E-state index contributed by atoms with van der Waals surface area (Å²) in [5.41, 5.74) is 0.768. The van der Waals surface area contributed by atoms with Gasteiger partial charge in [0.05, 0.1) is 5.36 Å². The molecular formula is C10H8ClNO2. The number of nitrogens with zero attached hydrogens (tertiary/aromatic N) is 1. The highest BCUT2D eigenvalue weighted by Gasteiger charge is 2.22. The highest BCUT2D eigenvalue weighted by Crippen LogP contribution is 2.10. The van der Waals surface area contributed by atoms with Crippen molar-refractivity contribution < 1.29 is 9.90 Å². The molecule has 14 heavy (non-hydrogen) atoms. The zero-order chi connectivity index (χ0) is 10.3. The van der Waals surface area contributed by atoms with E-state index in [0.29, 0.717) is 10.4 Å². The van der Waals surface area contributed by atoms with Gasteiger partial charge in [0.1, 0.15) is 0 Å². The van der Waals surface area contributed by atoms with E-state index in [4.69, 9.17) is 16.7 Å². The summed E-state index contributed by atoms with van der Waals surface area (Å²) in [6.07, 6.45) is 0. The average molecular weight is 210 g/mol. The maximum Gasteiger partial charge on any atom is 0.332 e. The number of benzene rings is 1. The third-order valence-corrected chi connectivity index (χ3v) is 2.53. The van der Waals surface area contributed by atoms with Crippen LogP contribution in [0, 0.1) is 0 Å². The normalized spacial score (nSPS) is 19.0. The van der Waals surface area contributed by atoms with Gasteiger partial charge in [-0.2, -0.15) is 0 Å². The summed E-state index contributed by atoms with van der Waals surface area (Å²) in [4.78, 5) is 14.9. The summed E-state index contributed by atoms with van der Waals surface area (Å²) in [5.74, 6) is -0.921. The van der Waals surface area contributed by atoms with Crippen LogP contribution in [0.25, 0.3) is 5.57 Å². The molecule has 0 spiro atoms. The molecule has 1 aliphatic heterocycles. The number of hydrogen-bond acceptors (Lipinski definition) is 2. The highest BCUT2D eigenvalue weighted by molar-refractivity contribution is 6.30. The number of carbonyl (C=O) groups is 1. The predicted molar refractivity (Wildman–Crippen MR) is 52.7 cm³/mol. The lowest BCUT2D eigenvalue weighted by molar-refractivity contribution is -0.137. The molecule has 0 aliphatic carbocycles. The zero-order valence-electron chi connectivity index (χ0n) is 7.49. The van der Waals surface area contributed by atoms with Gasteiger partial charge in [-0.3, -0.25) is 4.99 Å². The average Bonchev–Trinajstić information content (AvgIpc) is 2.43. The second-order valence-electron chi connectivity index (χ2n) is 3.21. The van der Waals surface area contributed by atoms with Crippen LogP contribution in [0.1, 0.15) is 6.92 Å². The largest absolute Gasteiger partial charge is 0.479 e. The Hall–Kier alpha value is -1.35. The van der Waals surface area contributed by atoms with Crippen molar-refractivity contribution in [2.75, 3.05) is 0 Å². The summed E-state index contributed by atoms with van der Waals surface area (Å²) in [7, 11) is 0. The first-order chi connectivity index (χ1) is 6.59.